The molecule has 11 nitrogen and oxygen atoms in total. The molecule has 0 bridgehead atoms. The van der Waals surface area contributed by atoms with Crippen LogP contribution in [0.3, 0.4) is 0 Å². The number of aliphatic hydroxyl groups is 2. The lowest BCUT2D eigenvalue weighted by Crippen LogP contribution is -2.49. The Morgan fingerprint density at radius 1 is 1.36 bits per heavy atom. The molecule has 6 atom stereocenters. The van der Waals surface area contributed by atoms with E-state index in [0.717, 1.165) is 17.4 Å². The van der Waals surface area contributed by atoms with Gasteiger partial charge in [-0.25, -0.2) is 4.79 Å². The number of ether oxygens (including phenoxy) is 2. The van der Waals surface area contributed by atoms with Crippen molar-refractivity contribution in [1.29, 1.82) is 0 Å². The topological polar surface area (TPSA) is 160 Å². The third-order valence-electron chi connectivity index (χ3n) is 5.80. The van der Waals surface area contributed by atoms with E-state index in [1.54, 1.807) is 0 Å². The Hall–Kier alpha value is -2.12. The molecule has 4 N–H and O–H groups in total. The van der Waals surface area contributed by atoms with Crippen molar-refractivity contribution in [2.24, 2.45) is 0 Å². The minimum Gasteiger partial charge on any atom is -0.465 e. The number of nitrogens with one attached hydrogen (secondary N) is 2. The van der Waals surface area contributed by atoms with Crippen molar-refractivity contribution in [3.8, 4) is 0 Å². The van der Waals surface area contributed by atoms with Crippen LogP contribution in [0.1, 0.15) is 50.8 Å². The minimum atomic E-state index is -1.67. The third-order valence-corrected chi connectivity index (χ3v) is 6.07. The van der Waals surface area contributed by atoms with E-state index in [2.05, 4.69) is 26.2 Å². The van der Waals surface area contributed by atoms with Crippen LogP contribution in [0.15, 0.2) is 20.8 Å². The highest BCUT2D eigenvalue weighted by atomic mass is 79.9. The van der Waals surface area contributed by atoms with Crippen LogP contribution in [-0.2, 0) is 19.1 Å². The van der Waals surface area contributed by atoms with Gasteiger partial charge in [0.2, 0.25) is 0 Å². The van der Waals surface area contributed by atoms with Crippen LogP contribution < -0.4 is 16.6 Å². The highest BCUT2D eigenvalue weighted by molar-refractivity contribution is 9.11. The predicted molar refractivity (Wildman–Crippen MR) is 121 cm³/mol. The maximum Gasteiger partial charge on any atom is 0.330 e. The van der Waals surface area contributed by atoms with Crippen molar-refractivity contribution in [2.45, 2.75) is 75.7 Å². The summed E-state index contributed by atoms with van der Waals surface area (Å²) in [6.45, 7) is 2.30. The summed E-state index contributed by atoms with van der Waals surface area (Å²) in [4.78, 5) is 52.6. The molecule has 0 spiro atoms. The average molecular weight is 530 g/mol. The van der Waals surface area contributed by atoms with E-state index in [0.29, 0.717) is 19.4 Å². The van der Waals surface area contributed by atoms with Crippen molar-refractivity contribution >= 4 is 33.8 Å². The number of esters is 1. The van der Waals surface area contributed by atoms with Crippen LogP contribution in [0.4, 0.5) is 0 Å². The van der Waals surface area contributed by atoms with Gasteiger partial charge in [0.05, 0.1) is 24.3 Å². The molecule has 2 saturated heterocycles. The first-order valence-electron chi connectivity index (χ1n) is 10.9. The number of aromatic nitrogens is 2. The van der Waals surface area contributed by atoms with Gasteiger partial charge >= 0.3 is 11.7 Å². The molecule has 33 heavy (non-hydrogen) atoms. The first-order valence-corrected chi connectivity index (χ1v) is 11.8. The lowest BCUT2D eigenvalue weighted by Gasteiger charge is -2.23. The summed E-state index contributed by atoms with van der Waals surface area (Å²) in [7, 11) is 0. The molecule has 2 aliphatic heterocycles. The third kappa shape index (κ3) is 5.87. The summed E-state index contributed by atoms with van der Waals surface area (Å²) in [5.74, 6) is -1.04. The lowest BCUT2D eigenvalue weighted by atomic mass is 9.98. The molecular weight excluding hydrogens is 502 g/mol. The van der Waals surface area contributed by atoms with E-state index in [1.165, 1.54) is 17.3 Å². The fraction of sp³-hybridized carbons (Fsp3) is 0.619. The highest BCUT2D eigenvalue weighted by Crippen LogP contribution is 2.31. The standard InChI is InChI=1S/C21H28BrN3O8/c1-2-3-8-32-20(30)13-5-4-12(23-13)16(27)17(28)18-14(26)9-15(33-18)25-10-11(6-7-22)19(29)24-21(25)31/h6-7,10,12-15,17-18,23,26,28H,2-5,8-9H2,1H3,(H,24,29,31)/b7-6+/t12-,13?,14-,15+,17?,18-/m0/s1. The molecule has 0 amide bonds. The van der Waals surface area contributed by atoms with Gasteiger partial charge in [-0.3, -0.25) is 29.3 Å². The fourth-order valence-electron chi connectivity index (χ4n) is 3.97. The van der Waals surface area contributed by atoms with E-state index < -0.39 is 59.6 Å². The highest BCUT2D eigenvalue weighted by Gasteiger charge is 2.45. The minimum absolute atomic E-state index is 0.0666. The second kappa shape index (κ2) is 11.3. The van der Waals surface area contributed by atoms with Crippen LogP contribution in [0.2, 0.25) is 0 Å². The van der Waals surface area contributed by atoms with Crippen molar-refractivity contribution in [3.05, 3.63) is 37.6 Å². The zero-order chi connectivity index (χ0) is 24.1. The molecule has 12 heteroatoms. The van der Waals surface area contributed by atoms with Crippen LogP contribution in [0.25, 0.3) is 6.08 Å². The smallest absolute Gasteiger partial charge is 0.330 e. The number of hydrogen-bond acceptors (Lipinski definition) is 9. The summed E-state index contributed by atoms with van der Waals surface area (Å²) in [6, 6.07) is -1.42. The maximum atomic E-state index is 12.8. The van der Waals surface area contributed by atoms with E-state index >= 15 is 0 Å². The van der Waals surface area contributed by atoms with E-state index in [9.17, 15) is 29.4 Å². The van der Waals surface area contributed by atoms with Gasteiger partial charge in [-0.15, -0.1) is 0 Å². The number of Topliss-reactive ketones (excluding diaryl/α,β-unsaturated/α-hetero) is 1. The van der Waals surface area contributed by atoms with E-state index in [1.807, 2.05) is 6.92 Å². The quantitative estimate of drug-likeness (QED) is 0.254. The summed E-state index contributed by atoms with van der Waals surface area (Å²) >= 11 is 3.06. The monoisotopic (exact) mass is 529 g/mol. The van der Waals surface area contributed by atoms with Crippen LogP contribution in [0.5, 0.6) is 0 Å². The van der Waals surface area contributed by atoms with Gasteiger partial charge in [0.25, 0.3) is 5.56 Å². The summed E-state index contributed by atoms with van der Waals surface area (Å²) < 4.78 is 11.9. The number of rotatable bonds is 9. The van der Waals surface area contributed by atoms with Gasteiger partial charge in [-0.05, 0) is 30.3 Å². The fourth-order valence-corrected chi connectivity index (χ4v) is 4.26. The van der Waals surface area contributed by atoms with Gasteiger partial charge < -0.3 is 19.7 Å². The molecule has 0 aliphatic carbocycles. The molecule has 0 saturated carbocycles. The van der Waals surface area contributed by atoms with E-state index in [4.69, 9.17) is 9.47 Å². The molecule has 0 aromatic carbocycles. The number of aromatic amines is 1. The lowest BCUT2D eigenvalue weighted by molar-refractivity contribution is -0.146. The Kier molecular flexibility index (Phi) is 8.76. The van der Waals surface area contributed by atoms with Gasteiger partial charge in [0.1, 0.15) is 24.5 Å². The zero-order valence-electron chi connectivity index (χ0n) is 18.1. The first-order chi connectivity index (χ1) is 15.8. The normalized spacial score (nSPS) is 28.3. The van der Waals surface area contributed by atoms with Gasteiger partial charge in [-0.1, -0.05) is 29.3 Å². The van der Waals surface area contributed by atoms with Crippen molar-refractivity contribution in [2.75, 3.05) is 6.61 Å². The zero-order valence-corrected chi connectivity index (χ0v) is 19.7. The van der Waals surface area contributed by atoms with Crippen molar-refractivity contribution < 1.29 is 29.3 Å². The van der Waals surface area contributed by atoms with E-state index in [-0.39, 0.29) is 12.0 Å². The average Bonchev–Trinajstić information content (AvgIpc) is 3.42. The van der Waals surface area contributed by atoms with Crippen molar-refractivity contribution in [1.82, 2.24) is 14.9 Å². The second-order valence-electron chi connectivity index (χ2n) is 8.12. The van der Waals surface area contributed by atoms with Crippen molar-refractivity contribution in [3.63, 3.8) is 0 Å². The number of carbonyl (C=O) groups excluding carboxylic acids is 2. The van der Waals surface area contributed by atoms with Crippen LogP contribution in [0, 0.1) is 0 Å². The number of nitrogens with zero attached hydrogens (tertiary/aromatic N) is 1. The molecule has 2 unspecified atom stereocenters. The Morgan fingerprint density at radius 2 is 2.09 bits per heavy atom. The summed E-state index contributed by atoms with van der Waals surface area (Å²) in [5, 5.41) is 23.9. The van der Waals surface area contributed by atoms with Crippen LogP contribution in [-0.4, -0.2) is 68.5 Å². The van der Waals surface area contributed by atoms with Crippen LogP contribution >= 0.6 is 15.9 Å². The molecule has 0 radical (unpaired) electrons. The summed E-state index contributed by atoms with van der Waals surface area (Å²) in [6.07, 6.45) is -0.136. The largest absolute Gasteiger partial charge is 0.465 e. The molecule has 3 rings (SSSR count). The molecule has 3 heterocycles. The predicted octanol–water partition coefficient (Wildman–Crippen LogP) is -0.0555. The molecular formula is C21H28BrN3O8. The molecule has 2 aliphatic rings. The molecule has 2 fully saturated rings. The first kappa shape index (κ1) is 25.5. The Bertz CT molecular complexity index is 1010. The Labute approximate surface area is 197 Å². The van der Waals surface area contributed by atoms with Gasteiger partial charge in [0.15, 0.2) is 5.78 Å². The molecule has 1 aromatic rings. The number of H-pyrrole nitrogens is 1. The molecule has 1 aromatic heterocycles. The number of halogens is 1. The number of carbonyl (C=O) groups is 2. The second-order valence-corrected chi connectivity index (χ2v) is 8.65. The number of aliphatic hydroxyl groups excluding tert-OH is 2. The SMILES string of the molecule is CCCCOC(=O)C1CC[C@@H](C(=O)C(O)[C@H]2O[C@@H](n3cc(/C=C/Br)c(=O)[nH]c3=O)C[C@@H]2O)N1. The number of unbranched alkanes of at least 4 members (excludes halogenated alkanes) is 1. The summed E-state index contributed by atoms with van der Waals surface area (Å²) in [5.41, 5.74) is -1.16. The van der Waals surface area contributed by atoms with Gasteiger partial charge in [-0.2, -0.15) is 0 Å². The molecule has 182 valence electrons. The Morgan fingerprint density at radius 3 is 2.79 bits per heavy atom. The number of ketones is 1. The van der Waals surface area contributed by atoms with Gasteiger partial charge in [0, 0.05) is 12.6 Å². The Balaban J connectivity index is 1.64. The number of hydrogen-bond donors (Lipinski definition) is 4. The maximum absolute atomic E-state index is 12.8.